The molecule has 0 amide bonds. The van der Waals surface area contributed by atoms with Gasteiger partial charge in [0.1, 0.15) is 0 Å². The standard InChI is InChI=1S/C28H58NO3P/c1-5-7-8-9-10-11-12-13-14-15-16-17-18-19-20-21-26-31-33(30-4)32-28-22-24-29(25-23-28)27(3)6-2/h27-28H,5-26H2,1-4H3. The Morgan fingerprint density at radius 2 is 1.18 bits per heavy atom. The number of hydrogen-bond donors (Lipinski definition) is 0. The number of hydrogen-bond acceptors (Lipinski definition) is 4. The van der Waals surface area contributed by atoms with Crippen molar-refractivity contribution in [2.24, 2.45) is 0 Å². The highest BCUT2D eigenvalue weighted by molar-refractivity contribution is 7.41. The normalized spacial score (nSPS) is 17.5. The lowest BCUT2D eigenvalue weighted by molar-refractivity contribution is 0.0589. The number of piperidine rings is 1. The van der Waals surface area contributed by atoms with Crippen molar-refractivity contribution in [1.29, 1.82) is 0 Å². The Hall–Kier alpha value is 0.270. The minimum absolute atomic E-state index is 0.294. The van der Waals surface area contributed by atoms with Gasteiger partial charge >= 0.3 is 8.60 Å². The largest absolute Gasteiger partial charge is 0.332 e. The molecule has 0 aliphatic carbocycles. The molecule has 2 atom stereocenters. The van der Waals surface area contributed by atoms with Gasteiger partial charge in [0, 0.05) is 26.2 Å². The average Bonchev–Trinajstić information content (AvgIpc) is 2.85. The maximum atomic E-state index is 6.12. The zero-order valence-corrected chi connectivity index (χ0v) is 23.7. The second-order valence-corrected chi connectivity index (χ2v) is 11.4. The van der Waals surface area contributed by atoms with Crippen molar-refractivity contribution in [1.82, 2.24) is 4.90 Å². The second kappa shape index (κ2) is 22.7. The summed E-state index contributed by atoms with van der Waals surface area (Å²) in [4.78, 5) is 2.58. The highest BCUT2D eigenvalue weighted by Crippen LogP contribution is 2.42. The summed E-state index contributed by atoms with van der Waals surface area (Å²) in [6, 6.07) is 0.682. The third kappa shape index (κ3) is 17.4. The highest BCUT2D eigenvalue weighted by atomic mass is 31.2. The lowest BCUT2D eigenvalue weighted by Crippen LogP contribution is -2.41. The minimum Gasteiger partial charge on any atom is -0.316 e. The molecular weight excluding hydrogens is 429 g/mol. The van der Waals surface area contributed by atoms with E-state index in [2.05, 4.69) is 25.7 Å². The van der Waals surface area contributed by atoms with Gasteiger partial charge in [-0.25, -0.2) is 0 Å². The van der Waals surface area contributed by atoms with Gasteiger partial charge in [0.15, 0.2) is 0 Å². The highest BCUT2D eigenvalue weighted by Gasteiger charge is 2.25. The summed E-state index contributed by atoms with van der Waals surface area (Å²) < 4.78 is 17.5. The first-order valence-electron chi connectivity index (χ1n) is 14.6. The molecule has 0 N–H and O–H groups in total. The molecule has 0 spiro atoms. The van der Waals surface area contributed by atoms with Crippen LogP contribution in [-0.2, 0) is 13.6 Å². The van der Waals surface area contributed by atoms with Crippen molar-refractivity contribution in [3.05, 3.63) is 0 Å². The Kier molecular flexibility index (Phi) is 21.5. The monoisotopic (exact) mass is 487 g/mol. The van der Waals surface area contributed by atoms with Gasteiger partial charge in [-0.2, -0.15) is 0 Å². The number of likely N-dealkylation sites (tertiary alicyclic amines) is 1. The maximum Gasteiger partial charge on any atom is 0.332 e. The van der Waals surface area contributed by atoms with E-state index in [1.807, 2.05) is 0 Å². The Balaban J connectivity index is 1.85. The average molecular weight is 488 g/mol. The first kappa shape index (κ1) is 31.3. The molecule has 1 aliphatic heterocycles. The molecule has 0 aromatic rings. The quantitative estimate of drug-likeness (QED) is 0.106. The lowest BCUT2D eigenvalue weighted by atomic mass is 10.0. The van der Waals surface area contributed by atoms with E-state index in [0.29, 0.717) is 12.1 Å². The minimum atomic E-state index is -1.18. The number of unbranched alkanes of at least 4 members (excludes halogenated alkanes) is 15. The molecule has 0 bridgehead atoms. The van der Waals surface area contributed by atoms with Crippen LogP contribution in [0.15, 0.2) is 0 Å². The molecule has 1 rings (SSSR count). The van der Waals surface area contributed by atoms with Crippen LogP contribution in [0, 0.1) is 0 Å². The van der Waals surface area contributed by atoms with Crippen molar-refractivity contribution < 1.29 is 13.6 Å². The van der Waals surface area contributed by atoms with Crippen LogP contribution in [-0.4, -0.2) is 43.9 Å². The molecule has 1 saturated heterocycles. The number of nitrogens with zero attached hydrogens (tertiary/aromatic N) is 1. The molecule has 0 radical (unpaired) electrons. The summed E-state index contributed by atoms with van der Waals surface area (Å²) in [6.07, 6.45) is 26.0. The zero-order valence-electron chi connectivity index (χ0n) is 22.8. The zero-order chi connectivity index (χ0) is 24.0. The topological polar surface area (TPSA) is 30.9 Å². The Bertz CT molecular complexity index is 405. The van der Waals surface area contributed by atoms with Gasteiger partial charge in [-0.3, -0.25) is 0 Å². The molecule has 0 aromatic heterocycles. The molecule has 33 heavy (non-hydrogen) atoms. The van der Waals surface area contributed by atoms with Crippen LogP contribution in [0.5, 0.6) is 0 Å². The molecule has 0 aromatic carbocycles. The van der Waals surface area contributed by atoms with Crippen LogP contribution in [0.25, 0.3) is 0 Å². The molecule has 2 unspecified atom stereocenters. The van der Waals surface area contributed by atoms with E-state index in [1.165, 1.54) is 103 Å². The summed E-state index contributed by atoms with van der Waals surface area (Å²) in [5.74, 6) is 0. The fraction of sp³-hybridized carbons (Fsp3) is 1.00. The van der Waals surface area contributed by atoms with E-state index in [4.69, 9.17) is 13.6 Å². The van der Waals surface area contributed by atoms with E-state index >= 15 is 0 Å². The van der Waals surface area contributed by atoms with Gasteiger partial charge in [-0.05, 0) is 32.6 Å². The molecular formula is C28H58NO3P. The van der Waals surface area contributed by atoms with Gasteiger partial charge in [0.25, 0.3) is 0 Å². The van der Waals surface area contributed by atoms with Gasteiger partial charge in [0.2, 0.25) is 0 Å². The van der Waals surface area contributed by atoms with Crippen molar-refractivity contribution in [2.75, 3.05) is 26.8 Å². The molecule has 198 valence electrons. The summed E-state index contributed by atoms with van der Waals surface area (Å²) in [6.45, 7) is 9.91. The summed E-state index contributed by atoms with van der Waals surface area (Å²) in [5, 5.41) is 0. The Morgan fingerprint density at radius 3 is 1.61 bits per heavy atom. The van der Waals surface area contributed by atoms with Crippen LogP contribution < -0.4 is 0 Å². The molecule has 1 fully saturated rings. The first-order chi connectivity index (χ1) is 16.2. The van der Waals surface area contributed by atoms with E-state index in [9.17, 15) is 0 Å². The van der Waals surface area contributed by atoms with E-state index < -0.39 is 8.60 Å². The number of rotatable bonds is 23. The van der Waals surface area contributed by atoms with Crippen LogP contribution in [0.4, 0.5) is 0 Å². The molecule has 1 heterocycles. The van der Waals surface area contributed by atoms with Gasteiger partial charge in [0.05, 0.1) is 12.7 Å². The third-order valence-corrected chi connectivity index (χ3v) is 8.43. The molecule has 4 nitrogen and oxygen atoms in total. The van der Waals surface area contributed by atoms with Crippen molar-refractivity contribution in [3.63, 3.8) is 0 Å². The van der Waals surface area contributed by atoms with Gasteiger partial charge < -0.3 is 18.5 Å². The molecule has 5 heteroatoms. The van der Waals surface area contributed by atoms with Crippen molar-refractivity contribution in [3.8, 4) is 0 Å². The fourth-order valence-electron chi connectivity index (χ4n) is 4.72. The predicted molar refractivity (Wildman–Crippen MR) is 145 cm³/mol. The SMILES string of the molecule is CCCCCCCCCCCCCCCCCCOP(OC)OC1CCN(C(C)CC)CC1. The summed E-state index contributed by atoms with van der Waals surface area (Å²) >= 11 is 0. The van der Waals surface area contributed by atoms with Gasteiger partial charge in [-0.15, -0.1) is 0 Å². The molecule has 0 saturated carbocycles. The van der Waals surface area contributed by atoms with E-state index in [-0.39, 0.29) is 0 Å². The van der Waals surface area contributed by atoms with Crippen LogP contribution in [0.1, 0.15) is 143 Å². The third-order valence-electron chi connectivity index (χ3n) is 7.27. The predicted octanol–water partition coefficient (Wildman–Crippen LogP) is 9.42. The Labute approximate surface area is 208 Å². The van der Waals surface area contributed by atoms with E-state index in [1.54, 1.807) is 7.11 Å². The first-order valence-corrected chi connectivity index (χ1v) is 15.7. The maximum absolute atomic E-state index is 6.12. The van der Waals surface area contributed by atoms with Crippen LogP contribution >= 0.6 is 8.60 Å². The smallest absolute Gasteiger partial charge is 0.316 e. The Morgan fingerprint density at radius 1 is 0.727 bits per heavy atom. The summed E-state index contributed by atoms with van der Waals surface area (Å²) in [5.41, 5.74) is 0. The summed E-state index contributed by atoms with van der Waals surface area (Å²) in [7, 11) is 0.539. The second-order valence-electron chi connectivity index (χ2n) is 10.1. The van der Waals surface area contributed by atoms with Crippen LogP contribution in [0.2, 0.25) is 0 Å². The lowest BCUT2D eigenvalue weighted by Gasteiger charge is -2.36. The van der Waals surface area contributed by atoms with Crippen molar-refractivity contribution >= 4 is 8.60 Å². The fourth-order valence-corrected chi connectivity index (χ4v) is 5.70. The van der Waals surface area contributed by atoms with Crippen molar-refractivity contribution in [2.45, 2.75) is 155 Å². The van der Waals surface area contributed by atoms with Crippen LogP contribution in [0.3, 0.4) is 0 Å². The molecule has 1 aliphatic rings. The van der Waals surface area contributed by atoms with E-state index in [0.717, 1.165) is 39.0 Å². The van der Waals surface area contributed by atoms with Gasteiger partial charge in [-0.1, -0.05) is 110 Å².